The number of benzene rings is 1. The number of carbonyl (C=O) groups is 2. The van der Waals surface area contributed by atoms with Crippen molar-refractivity contribution in [2.75, 3.05) is 0 Å². The Bertz CT molecular complexity index is 457. The number of ketones is 1. The predicted octanol–water partition coefficient (Wildman–Crippen LogP) is 1.96. The second kappa shape index (κ2) is 18.0. The van der Waals surface area contributed by atoms with Crippen LogP contribution in [-0.2, 0) is 4.79 Å². The number of carboxylic acid groups (broad SMARTS) is 1. The molecule has 0 unspecified atom stereocenters. The molecule has 0 aliphatic carbocycles. The smallest absolute Gasteiger partial charge is 0.872 e. The molecule has 4 nitrogen and oxygen atoms in total. The van der Waals surface area contributed by atoms with Gasteiger partial charge in [0, 0.05) is 18.4 Å². The Hall–Kier alpha value is -0.840. The van der Waals surface area contributed by atoms with Gasteiger partial charge in [-0.25, -0.2) is 0 Å². The molecule has 1 rings (SSSR count). The molecule has 0 aliphatic rings. The monoisotopic (exact) mass is 358 g/mol. The SMILES string of the molecule is CCCC(=O)c1ccc([O-])cc1.CCCCCCCCCC(=O)O.[Na+]. The van der Waals surface area contributed by atoms with E-state index in [1.54, 1.807) is 12.1 Å². The van der Waals surface area contributed by atoms with Gasteiger partial charge in [-0.2, -0.15) is 0 Å². The van der Waals surface area contributed by atoms with Crippen molar-refractivity contribution in [2.45, 2.75) is 78.1 Å². The molecule has 0 atom stereocenters. The molecule has 0 aromatic heterocycles. The summed E-state index contributed by atoms with van der Waals surface area (Å²) in [6.07, 6.45) is 10.0. The van der Waals surface area contributed by atoms with Gasteiger partial charge in [0.25, 0.3) is 0 Å². The molecule has 0 bridgehead atoms. The van der Waals surface area contributed by atoms with E-state index < -0.39 is 5.97 Å². The van der Waals surface area contributed by atoms with Gasteiger partial charge < -0.3 is 10.2 Å². The van der Waals surface area contributed by atoms with E-state index in [1.807, 2.05) is 6.92 Å². The van der Waals surface area contributed by atoms with Gasteiger partial charge in [0.2, 0.25) is 0 Å². The molecule has 1 aromatic carbocycles. The zero-order valence-corrected chi connectivity index (χ0v) is 18.1. The Morgan fingerprint density at radius 2 is 1.36 bits per heavy atom. The molecular formula is C20H31NaO4. The number of unbranched alkanes of at least 4 members (excludes halogenated alkanes) is 6. The Labute approximate surface area is 174 Å². The fourth-order valence-corrected chi connectivity index (χ4v) is 2.25. The van der Waals surface area contributed by atoms with Crippen LogP contribution < -0.4 is 34.7 Å². The maximum atomic E-state index is 11.3. The molecular weight excluding hydrogens is 327 g/mol. The Kier molecular flexibility index (Phi) is 19.0. The van der Waals surface area contributed by atoms with Gasteiger partial charge in [-0.05, 0) is 12.8 Å². The first-order valence-corrected chi connectivity index (χ1v) is 9.03. The van der Waals surface area contributed by atoms with Crippen molar-refractivity contribution in [1.29, 1.82) is 0 Å². The first kappa shape index (κ1) is 26.4. The van der Waals surface area contributed by atoms with Crippen molar-refractivity contribution in [3.63, 3.8) is 0 Å². The van der Waals surface area contributed by atoms with E-state index in [4.69, 9.17) is 5.11 Å². The van der Waals surface area contributed by atoms with Crippen molar-refractivity contribution in [1.82, 2.24) is 0 Å². The van der Waals surface area contributed by atoms with Crippen LogP contribution in [0.3, 0.4) is 0 Å². The molecule has 0 radical (unpaired) electrons. The quantitative estimate of drug-likeness (QED) is 0.373. The van der Waals surface area contributed by atoms with Crippen LogP contribution in [-0.4, -0.2) is 16.9 Å². The molecule has 0 spiro atoms. The Morgan fingerprint density at radius 1 is 0.840 bits per heavy atom. The second-order valence-corrected chi connectivity index (χ2v) is 5.96. The van der Waals surface area contributed by atoms with Crippen molar-refractivity contribution in [3.8, 4) is 5.75 Å². The topological polar surface area (TPSA) is 77.4 Å². The van der Waals surface area contributed by atoms with Crippen molar-refractivity contribution in [2.24, 2.45) is 0 Å². The van der Waals surface area contributed by atoms with Gasteiger partial charge in [0.15, 0.2) is 5.78 Å². The maximum absolute atomic E-state index is 11.3. The normalized spacial score (nSPS) is 9.52. The third-order valence-electron chi connectivity index (χ3n) is 3.65. The standard InChI is InChI=1S/C10H12O2.C10H20O2.Na/c1-2-3-10(12)8-4-6-9(11)7-5-8;1-2-3-4-5-6-7-8-9-10(11)12;/h4-7,11H,2-3H2,1H3;2-9H2,1H3,(H,11,12);/q;;+1/p-1. The fourth-order valence-electron chi connectivity index (χ4n) is 2.25. The van der Waals surface area contributed by atoms with E-state index >= 15 is 0 Å². The van der Waals surface area contributed by atoms with Gasteiger partial charge in [-0.1, -0.05) is 76.6 Å². The number of Topliss-reactive ketones (excluding diaryl/α,β-unsaturated/α-hetero) is 1. The molecule has 0 fully saturated rings. The number of hydrogen-bond donors (Lipinski definition) is 1. The van der Waals surface area contributed by atoms with Crippen LogP contribution in [0.15, 0.2) is 24.3 Å². The minimum Gasteiger partial charge on any atom is -0.872 e. The summed E-state index contributed by atoms with van der Waals surface area (Å²) in [5.74, 6) is -0.607. The van der Waals surface area contributed by atoms with Crippen LogP contribution in [0.4, 0.5) is 0 Å². The van der Waals surface area contributed by atoms with E-state index in [-0.39, 0.29) is 41.1 Å². The molecule has 0 aliphatic heterocycles. The molecule has 0 heterocycles. The van der Waals surface area contributed by atoms with Gasteiger partial charge in [-0.15, -0.1) is 5.75 Å². The summed E-state index contributed by atoms with van der Waals surface area (Å²) in [5.41, 5.74) is 0.636. The average Bonchev–Trinajstić information content (AvgIpc) is 2.55. The summed E-state index contributed by atoms with van der Waals surface area (Å²) >= 11 is 0. The fraction of sp³-hybridized carbons (Fsp3) is 0.600. The maximum Gasteiger partial charge on any atom is 1.00 e. The van der Waals surface area contributed by atoms with Crippen LogP contribution in [0.5, 0.6) is 5.75 Å². The van der Waals surface area contributed by atoms with E-state index in [0.717, 1.165) is 19.3 Å². The van der Waals surface area contributed by atoms with Crippen molar-refractivity contribution >= 4 is 11.8 Å². The molecule has 0 amide bonds. The van der Waals surface area contributed by atoms with Gasteiger partial charge in [0.1, 0.15) is 0 Å². The first-order chi connectivity index (χ1) is 11.5. The number of aliphatic carboxylic acids is 1. The Balaban J connectivity index is 0. The second-order valence-electron chi connectivity index (χ2n) is 5.96. The van der Waals surface area contributed by atoms with Crippen molar-refractivity contribution in [3.05, 3.63) is 29.8 Å². The summed E-state index contributed by atoms with van der Waals surface area (Å²) in [5, 5.41) is 19.0. The van der Waals surface area contributed by atoms with Crippen molar-refractivity contribution < 1.29 is 49.4 Å². The van der Waals surface area contributed by atoms with E-state index in [2.05, 4.69) is 6.92 Å². The minimum atomic E-state index is -0.663. The minimum absolute atomic E-state index is 0. The molecule has 0 saturated carbocycles. The van der Waals surface area contributed by atoms with Crippen LogP contribution in [0.25, 0.3) is 0 Å². The van der Waals surface area contributed by atoms with E-state index in [1.165, 1.54) is 44.2 Å². The third kappa shape index (κ3) is 16.4. The molecule has 0 saturated heterocycles. The van der Waals surface area contributed by atoms with Gasteiger partial charge in [-0.3, -0.25) is 9.59 Å². The van der Waals surface area contributed by atoms with Crippen LogP contribution in [0.2, 0.25) is 0 Å². The zero-order valence-electron chi connectivity index (χ0n) is 16.1. The predicted molar refractivity (Wildman–Crippen MR) is 95.4 cm³/mol. The summed E-state index contributed by atoms with van der Waals surface area (Å²) in [7, 11) is 0. The molecule has 1 aromatic rings. The molecule has 25 heavy (non-hydrogen) atoms. The van der Waals surface area contributed by atoms with E-state index in [0.29, 0.717) is 18.4 Å². The summed E-state index contributed by atoms with van der Waals surface area (Å²) in [6, 6.07) is 6.01. The number of carboxylic acids is 1. The number of hydrogen-bond acceptors (Lipinski definition) is 3. The van der Waals surface area contributed by atoms with Crippen LogP contribution >= 0.6 is 0 Å². The zero-order chi connectivity index (χ0) is 18.2. The van der Waals surface area contributed by atoms with Gasteiger partial charge >= 0.3 is 35.5 Å². The summed E-state index contributed by atoms with van der Waals surface area (Å²) < 4.78 is 0. The summed E-state index contributed by atoms with van der Waals surface area (Å²) in [6.45, 7) is 4.16. The number of rotatable bonds is 11. The first-order valence-electron chi connectivity index (χ1n) is 9.03. The van der Waals surface area contributed by atoms with Crippen LogP contribution in [0, 0.1) is 0 Å². The number of carbonyl (C=O) groups excluding carboxylic acids is 1. The molecule has 136 valence electrons. The molecule has 5 heteroatoms. The largest absolute Gasteiger partial charge is 1.00 e. The summed E-state index contributed by atoms with van der Waals surface area (Å²) in [4.78, 5) is 21.4. The average molecular weight is 358 g/mol. The third-order valence-corrected chi connectivity index (χ3v) is 3.65. The Morgan fingerprint density at radius 3 is 1.84 bits per heavy atom. The van der Waals surface area contributed by atoms with Gasteiger partial charge in [0.05, 0.1) is 0 Å². The van der Waals surface area contributed by atoms with E-state index in [9.17, 15) is 14.7 Å². The van der Waals surface area contributed by atoms with Crippen LogP contribution in [0.1, 0.15) is 88.4 Å². The molecule has 1 N–H and O–H groups in total.